The molecule has 0 N–H and O–H groups in total. The lowest BCUT2D eigenvalue weighted by Crippen LogP contribution is -2.00. The van der Waals surface area contributed by atoms with Crippen molar-refractivity contribution in [1.29, 1.82) is 0 Å². The van der Waals surface area contributed by atoms with Crippen LogP contribution in [-0.4, -0.2) is 4.98 Å². The van der Waals surface area contributed by atoms with Crippen molar-refractivity contribution in [3.8, 4) is 0 Å². The normalized spacial score (nSPS) is 19.1. The lowest BCUT2D eigenvalue weighted by atomic mass is 9.93. The van der Waals surface area contributed by atoms with Crippen LogP contribution >= 0.6 is 0 Å². The Bertz CT molecular complexity index is 561. The second-order valence-electron chi connectivity index (χ2n) is 4.07. The number of hydrogen-bond donors (Lipinski definition) is 0. The number of aromatic nitrogens is 1. The van der Waals surface area contributed by atoms with Gasteiger partial charge in [-0.2, -0.15) is 0 Å². The second-order valence-corrected chi connectivity index (χ2v) is 4.07. The fourth-order valence-electron chi connectivity index (χ4n) is 2.22. The lowest BCUT2D eigenvalue weighted by molar-refractivity contribution is 0.826. The molecule has 0 fully saturated rings. The molecule has 0 aliphatic heterocycles. The molecule has 0 spiro atoms. The molecule has 0 radical (unpaired) electrons. The van der Waals surface area contributed by atoms with Gasteiger partial charge >= 0.3 is 0 Å². The third-order valence-corrected chi connectivity index (χ3v) is 3.04. The Morgan fingerprint density at radius 2 is 2.00 bits per heavy atom. The van der Waals surface area contributed by atoms with E-state index in [-0.39, 0.29) is 0 Å². The summed E-state index contributed by atoms with van der Waals surface area (Å²) in [4.78, 5) is 4.55. The van der Waals surface area contributed by atoms with Crippen LogP contribution in [0.15, 0.2) is 60.8 Å². The summed E-state index contributed by atoms with van der Waals surface area (Å²) in [7, 11) is 0. The standard InChI is InChI=1S/C15H13N/c1-2-7-13(8-3-1)15-14-9-5-4-6-12(14)10-11-16-15/h1-7,9-11,13H,8H2. The third-order valence-electron chi connectivity index (χ3n) is 3.04. The summed E-state index contributed by atoms with van der Waals surface area (Å²) in [5.74, 6) is 0.427. The maximum atomic E-state index is 4.55. The van der Waals surface area contributed by atoms with E-state index in [1.54, 1.807) is 0 Å². The minimum Gasteiger partial charge on any atom is -0.260 e. The predicted octanol–water partition coefficient (Wildman–Crippen LogP) is 3.83. The van der Waals surface area contributed by atoms with Crippen LogP contribution in [-0.2, 0) is 0 Å². The largest absolute Gasteiger partial charge is 0.260 e. The summed E-state index contributed by atoms with van der Waals surface area (Å²) in [5, 5.41) is 2.55. The smallest absolute Gasteiger partial charge is 0.0553 e. The van der Waals surface area contributed by atoms with E-state index in [1.807, 2.05) is 6.20 Å². The van der Waals surface area contributed by atoms with Gasteiger partial charge in [-0.3, -0.25) is 4.98 Å². The fraction of sp³-hybridized carbons (Fsp3) is 0.133. The zero-order valence-electron chi connectivity index (χ0n) is 9.01. The van der Waals surface area contributed by atoms with Crippen LogP contribution in [0.2, 0.25) is 0 Å². The third kappa shape index (κ3) is 1.54. The number of rotatable bonds is 1. The van der Waals surface area contributed by atoms with Crippen molar-refractivity contribution in [3.05, 3.63) is 66.5 Å². The van der Waals surface area contributed by atoms with E-state index in [2.05, 4.69) is 59.6 Å². The van der Waals surface area contributed by atoms with Crippen molar-refractivity contribution in [2.75, 3.05) is 0 Å². The van der Waals surface area contributed by atoms with Crippen molar-refractivity contribution in [2.24, 2.45) is 0 Å². The van der Waals surface area contributed by atoms with Gasteiger partial charge in [-0.15, -0.1) is 0 Å². The first-order chi connectivity index (χ1) is 7.95. The van der Waals surface area contributed by atoms with Crippen LogP contribution < -0.4 is 0 Å². The van der Waals surface area contributed by atoms with Crippen LogP contribution in [0.25, 0.3) is 10.8 Å². The minimum atomic E-state index is 0.427. The highest BCUT2D eigenvalue weighted by molar-refractivity contribution is 5.84. The molecule has 78 valence electrons. The maximum Gasteiger partial charge on any atom is 0.0553 e. The lowest BCUT2D eigenvalue weighted by Gasteiger charge is -2.14. The Kier molecular flexibility index (Phi) is 2.30. The number of nitrogens with zero attached hydrogens (tertiary/aromatic N) is 1. The molecule has 1 aromatic carbocycles. The van der Waals surface area contributed by atoms with E-state index in [1.165, 1.54) is 16.5 Å². The molecule has 1 unspecified atom stereocenters. The van der Waals surface area contributed by atoms with Gasteiger partial charge in [0.15, 0.2) is 0 Å². The molecule has 1 nitrogen and oxygen atoms in total. The molecule has 16 heavy (non-hydrogen) atoms. The predicted molar refractivity (Wildman–Crippen MR) is 67.4 cm³/mol. The summed E-state index contributed by atoms with van der Waals surface area (Å²) in [6.07, 6.45) is 11.6. The van der Waals surface area contributed by atoms with Crippen LogP contribution in [0.5, 0.6) is 0 Å². The minimum absolute atomic E-state index is 0.427. The molecular formula is C15H13N. The van der Waals surface area contributed by atoms with E-state index in [0.29, 0.717) is 5.92 Å². The number of pyridine rings is 1. The van der Waals surface area contributed by atoms with Gasteiger partial charge in [0.05, 0.1) is 5.69 Å². The Morgan fingerprint density at radius 3 is 2.88 bits per heavy atom. The van der Waals surface area contributed by atoms with Gasteiger partial charge in [-0.1, -0.05) is 48.6 Å². The molecule has 1 heteroatoms. The average Bonchev–Trinajstić information content (AvgIpc) is 2.39. The Labute approximate surface area is 95.1 Å². The van der Waals surface area contributed by atoms with E-state index < -0.39 is 0 Å². The topological polar surface area (TPSA) is 12.9 Å². The Balaban J connectivity index is 2.16. The van der Waals surface area contributed by atoms with Gasteiger partial charge in [-0.05, 0) is 17.9 Å². The molecule has 1 atom stereocenters. The first-order valence-electron chi connectivity index (χ1n) is 5.62. The molecule has 0 amide bonds. The Morgan fingerprint density at radius 1 is 1.06 bits per heavy atom. The van der Waals surface area contributed by atoms with Crippen molar-refractivity contribution in [2.45, 2.75) is 12.3 Å². The summed E-state index contributed by atoms with van der Waals surface area (Å²) in [6, 6.07) is 10.5. The zero-order chi connectivity index (χ0) is 10.8. The highest BCUT2D eigenvalue weighted by atomic mass is 14.7. The van der Waals surface area contributed by atoms with Crippen LogP contribution in [0.4, 0.5) is 0 Å². The van der Waals surface area contributed by atoms with Gasteiger partial charge < -0.3 is 0 Å². The second kappa shape index (κ2) is 3.93. The van der Waals surface area contributed by atoms with E-state index >= 15 is 0 Å². The van der Waals surface area contributed by atoms with Crippen LogP contribution in [0.1, 0.15) is 18.0 Å². The first-order valence-corrected chi connectivity index (χ1v) is 5.62. The molecule has 1 aliphatic rings. The van der Waals surface area contributed by atoms with E-state index in [4.69, 9.17) is 0 Å². The molecule has 1 aromatic heterocycles. The summed E-state index contributed by atoms with van der Waals surface area (Å²) in [6.45, 7) is 0. The molecule has 0 bridgehead atoms. The molecular weight excluding hydrogens is 194 g/mol. The van der Waals surface area contributed by atoms with Crippen molar-refractivity contribution < 1.29 is 0 Å². The molecule has 1 aliphatic carbocycles. The number of fused-ring (bicyclic) bond motifs is 1. The highest BCUT2D eigenvalue weighted by Gasteiger charge is 2.12. The van der Waals surface area contributed by atoms with E-state index in [0.717, 1.165) is 6.42 Å². The number of hydrogen-bond acceptors (Lipinski definition) is 1. The highest BCUT2D eigenvalue weighted by Crippen LogP contribution is 2.28. The van der Waals surface area contributed by atoms with Crippen LogP contribution in [0, 0.1) is 0 Å². The molecule has 3 rings (SSSR count). The molecule has 0 saturated carbocycles. The fourth-order valence-corrected chi connectivity index (χ4v) is 2.22. The summed E-state index contributed by atoms with van der Waals surface area (Å²) in [5.41, 5.74) is 1.19. The Hall–Kier alpha value is -1.89. The van der Waals surface area contributed by atoms with Crippen molar-refractivity contribution in [3.63, 3.8) is 0 Å². The summed E-state index contributed by atoms with van der Waals surface area (Å²) < 4.78 is 0. The van der Waals surface area contributed by atoms with Gasteiger partial charge in [0.25, 0.3) is 0 Å². The van der Waals surface area contributed by atoms with Gasteiger partial charge in [0.2, 0.25) is 0 Å². The van der Waals surface area contributed by atoms with Gasteiger partial charge in [0.1, 0.15) is 0 Å². The molecule has 0 saturated heterocycles. The van der Waals surface area contributed by atoms with Crippen molar-refractivity contribution >= 4 is 10.8 Å². The maximum absolute atomic E-state index is 4.55. The number of allylic oxidation sites excluding steroid dienone is 4. The average molecular weight is 207 g/mol. The van der Waals surface area contributed by atoms with Gasteiger partial charge in [0, 0.05) is 17.5 Å². The summed E-state index contributed by atoms with van der Waals surface area (Å²) >= 11 is 0. The van der Waals surface area contributed by atoms with Crippen LogP contribution in [0.3, 0.4) is 0 Å². The molecule has 2 aromatic rings. The quantitative estimate of drug-likeness (QED) is 0.692. The van der Waals surface area contributed by atoms with E-state index in [9.17, 15) is 0 Å². The monoisotopic (exact) mass is 207 g/mol. The van der Waals surface area contributed by atoms with Gasteiger partial charge in [-0.25, -0.2) is 0 Å². The zero-order valence-corrected chi connectivity index (χ0v) is 9.01. The first kappa shape index (κ1) is 9.34. The molecule has 1 heterocycles. The SMILES string of the molecule is C1=CCC(c2nccc3ccccc23)C=C1. The van der Waals surface area contributed by atoms with Crippen molar-refractivity contribution in [1.82, 2.24) is 4.98 Å². The number of benzene rings is 1.